The van der Waals surface area contributed by atoms with E-state index in [-0.39, 0.29) is 21.1 Å². The van der Waals surface area contributed by atoms with E-state index in [1.54, 1.807) is 90.8 Å². The number of anilines is 2. The molecule has 13 heteroatoms. The molecule has 2 aliphatic rings. The van der Waals surface area contributed by atoms with E-state index in [9.17, 15) is 30.1 Å². The van der Waals surface area contributed by atoms with Crippen LogP contribution in [0.3, 0.4) is 0 Å². The second kappa shape index (κ2) is 12.7. The molecule has 246 valence electrons. The maximum Gasteiger partial charge on any atom is 0.295 e. The summed E-state index contributed by atoms with van der Waals surface area (Å²) in [5.74, 6) is 0.338. The Labute approximate surface area is 280 Å². The van der Waals surface area contributed by atoms with Gasteiger partial charge in [0.25, 0.3) is 10.1 Å². The average molecular weight is 704 g/mol. The summed E-state index contributed by atoms with van der Waals surface area (Å²) in [6, 6.07) is 30.8. The maximum absolute atomic E-state index is 12.6. The fraction of sp³-hybridized carbons (Fsp3) is 0.114. The number of rotatable bonds is 8. The predicted molar refractivity (Wildman–Crippen MR) is 187 cm³/mol. The SMILES string of the molecule is CN(c1ccc2c(-c3ccccc3S(=O)(=O)O)c3ccc(=[N+](C)c4ccccc4CS(=O)O)cc-3oc2c1)c1ccccc1S(C)(=O)=O. The van der Waals surface area contributed by atoms with Crippen LogP contribution in [0.1, 0.15) is 5.56 Å². The number of hydrogen-bond donors (Lipinski definition) is 2. The van der Waals surface area contributed by atoms with Gasteiger partial charge in [0.15, 0.2) is 20.9 Å². The highest BCUT2D eigenvalue weighted by Gasteiger charge is 2.25. The van der Waals surface area contributed by atoms with Gasteiger partial charge < -0.3 is 13.9 Å². The molecule has 0 bridgehead atoms. The van der Waals surface area contributed by atoms with Crippen LogP contribution in [0.5, 0.6) is 0 Å². The van der Waals surface area contributed by atoms with E-state index in [4.69, 9.17) is 4.42 Å². The van der Waals surface area contributed by atoms with Crippen LogP contribution in [0.2, 0.25) is 0 Å². The van der Waals surface area contributed by atoms with E-state index in [0.29, 0.717) is 55.8 Å². The fourth-order valence-electron chi connectivity index (χ4n) is 5.89. The highest BCUT2D eigenvalue weighted by molar-refractivity contribution is 7.90. The Morgan fingerprint density at radius 2 is 1.48 bits per heavy atom. The molecule has 1 unspecified atom stereocenters. The van der Waals surface area contributed by atoms with Gasteiger partial charge in [-0.15, -0.1) is 0 Å². The van der Waals surface area contributed by atoms with Gasteiger partial charge in [0.1, 0.15) is 23.3 Å². The molecule has 0 fully saturated rings. The van der Waals surface area contributed by atoms with Crippen LogP contribution in [0, 0.1) is 0 Å². The quantitative estimate of drug-likeness (QED) is 0.0834. The third-order valence-corrected chi connectivity index (χ3v) is 10.8. The van der Waals surface area contributed by atoms with Crippen molar-refractivity contribution >= 4 is 59.1 Å². The predicted octanol–water partition coefficient (Wildman–Crippen LogP) is 6.08. The summed E-state index contributed by atoms with van der Waals surface area (Å²) >= 11 is -2.05. The standard InChI is InChI=1S/C35H30N2O8S3/c1-36(29-12-6-4-10-23(29)22-46(38)39)24-16-18-26-31(20-24)45-32-21-25(37(2)30-13-7-9-15-34(30)47(3,40)41)17-19-27(32)35(26)28-11-5-8-14-33(28)48(42,43)44/h4-21H,22H2,1-3H3,(H-,38,39,42,43,44)/p+1. The highest BCUT2D eigenvalue weighted by Crippen LogP contribution is 2.43. The van der Waals surface area contributed by atoms with Crippen LogP contribution in [-0.4, -0.2) is 50.5 Å². The summed E-state index contributed by atoms with van der Waals surface area (Å²) in [6.45, 7) is 0. The minimum absolute atomic E-state index is 0.0571. The zero-order valence-electron chi connectivity index (χ0n) is 26.1. The minimum Gasteiger partial charge on any atom is -0.456 e. The number of benzene rings is 5. The number of fused-ring (bicyclic) bond motifs is 2. The minimum atomic E-state index is -4.62. The molecule has 0 radical (unpaired) electrons. The van der Waals surface area contributed by atoms with Crippen LogP contribution in [0.15, 0.2) is 123 Å². The number of para-hydroxylation sites is 2. The zero-order chi connectivity index (χ0) is 34.4. The number of nitrogens with zero attached hydrogens (tertiary/aromatic N) is 2. The van der Waals surface area contributed by atoms with E-state index in [1.807, 2.05) is 29.8 Å². The summed E-state index contributed by atoms with van der Waals surface area (Å²) in [5, 5.41) is 1.25. The summed E-state index contributed by atoms with van der Waals surface area (Å²) in [5.41, 5.74) is 4.18. The monoisotopic (exact) mass is 703 g/mol. The molecule has 1 aliphatic carbocycles. The van der Waals surface area contributed by atoms with Gasteiger partial charge in [-0.3, -0.25) is 4.55 Å². The van der Waals surface area contributed by atoms with Crippen LogP contribution >= 0.6 is 0 Å². The van der Waals surface area contributed by atoms with Crippen molar-refractivity contribution in [3.8, 4) is 22.5 Å². The van der Waals surface area contributed by atoms with Crippen molar-refractivity contribution in [2.75, 3.05) is 25.3 Å². The van der Waals surface area contributed by atoms with Gasteiger partial charge in [0, 0.05) is 64.8 Å². The Balaban J connectivity index is 1.65. The Hall–Kier alpha value is -4.66. The first kappa shape index (κ1) is 33.2. The molecule has 1 atom stereocenters. The summed E-state index contributed by atoms with van der Waals surface area (Å²) in [6.07, 6.45) is 1.15. The molecule has 0 saturated heterocycles. The molecule has 2 N–H and O–H groups in total. The lowest BCUT2D eigenvalue weighted by atomic mass is 9.93. The third kappa shape index (κ3) is 6.42. The van der Waals surface area contributed by atoms with Crippen LogP contribution < -0.4 is 14.8 Å². The second-order valence-corrected chi connectivity index (χ2v) is 15.6. The van der Waals surface area contributed by atoms with Gasteiger partial charge in [-0.05, 0) is 36.4 Å². The lowest BCUT2D eigenvalue weighted by molar-refractivity contribution is 0.483. The van der Waals surface area contributed by atoms with Crippen molar-refractivity contribution in [2.24, 2.45) is 0 Å². The molecular formula is C35H31N2O8S3+. The summed E-state index contributed by atoms with van der Waals surface area (Å²) in [4.78, 5) is 1.62. The van der Waals surface area contributed by atoms with Gasteiger partial charge in [-0.2, -0.15) is 13.0 Å². The first-order valence-corrected chi connectivity index (χ1v) is 19.2. The molecule has 0 saturated carbocycles. The Kier molecular flexibility index (Phi) is 8.83. The molecule has 1 aliphatic heterocycles. The van der Waals surface area contributed by atoms with E-state index in [1.165, 1.54) is 12.1 Å². The maximum atomic E-state index is 12.6. The van der Waals surface area contributed by atoms with E-state index >= 15 is 0 Å². The van der Waals surface area contributed by atoms with E-state index in [2.05, 4.69) is 0 Å². The van der Waals surface area contributed by atoms with Gasteiger partial charge in [-0.1, -0.05) is 48.5 Å². The van der Waals surface area contributed by atoms with Gasteiger partial charge in [-0.25, -0.2) is 12.6 Å². The van der Waals surface area contributed by atoms with Crippen molar-refractivity contribution in [1.82, 2.24) is 4.58 Å². The van der Waals surface area contributed by atoms with Crippen molar-refractivity contribution < 1.29 is 34.6 Å². The normalized spacial score (nSPS) is 13.4. The Morgan fingerprint density at radius 3 is 2.19 bits per heavy atom. The molecule has 10 nitrogen and oxygen atoms in total. The van der Waals surface area contributed by atoms with Crippen molar-refractivity contribution in [3.05, 3.63) is 120 Å². The number of sulfone groups is 1. The molecule has 0 aromatic heterocycles. The largest absolute Gasteiger partial charge is 0.456 e. The summed E-state index contributed by atoms with van der Waals surface area (Å²) < 4.78 is 90.1. The molecular weight excluding hydrogens is 673 g/mol. The van der Waals surface area contributed by atoms with Crippen LogP contribution in [0.25, 0.3) is 33.4 Å². The van der Waals surface area contributed by atoms with Gasteiger partial charge in [0.05, 0.1) is 22.4 Å². The van der Waals surface area contributed by atoms with Crippen molar-refractivity contribution in [3.63, 3.8) is 0 Å². The smallest absolute Gasteiger partial charge is 0.295 e. The highest BCUT2D eigenvalue weighted by atomic mass is 32.2. The Morgan fingerprint density at radius 1 is 0.812 bits per heavy atom. The average Bonchev–Trinajstić information content (AvgIpc) is 3.05. The molecule has 4 aromatic rings. The van der Waals surface area contributed by atoms with Gasteiger partial charge >= 0.3 is 0 Å². The molecule has 6 rings (SSSR count). The third-order valence-electron chi connectivity index (χ3n) is 8.16. The van der Waals surface area contributed by atoms with Crippen LogP contribution in [-0.2, 0) is 36.8 Å². The van der Waals surface area contributed by atoms with Gasteiger partial charge in [0.2, 0.25) is 11.0 Å². The fourth-order valence-corrected chi connectivity index (χ4v) is 8.01. The topological polar surface area (TPSA) is 145 Å². The first-order valence-electron chi connectivity index (χ1n) is 14.6. The lowest BCUT2D eigenvalue weighted by Gasteiger charge is -2.23. The first-order chi connectivity index (χ1) is 22.7. The zero-order valence-corrected chi connectivity index (χ0v) is 28.5. The molecule has 0 spiro atoms. The molecule has 48 heavy (non-hydrogen) atoms. The van der Waals surface area contributed by atoms with E-state index < -0.39 is 31.0 Å². The van der Waals surface area contributed by atoms with Crippen LogP contribution in [0.4, 0.5) is 17.1 Å². The molecule has 1 heterocycles. The lowest BCUT2D eigenvalue weighted by Crippen LogP contribution is -2.22. The summed E-state index contributed by atoms with van der Waals surface area (Å²) in [7, 11) is -4.60. The second-order valence-electron chi connectivity index (χ2n) is 11.3. The molecule has 4 aromatic carbocycles. The molecule has 0 amide bonds. The van der Waals surface area contributed by atoms with Crippen molar-refractivity contribution in [1.29, 1.82) is 0 Å². The number of hydrogen-bond acceptors (Lipinski definition) is 7. The Bertz CT molecular complexity index is 2510. The van der Waals surface area contributed by atoms with Crippen molar-refractivity contribution in [2.45, 2.75) is 15.5 Å². The van der Waals surface area contributed by atoms with E-state index in [0.717, 1.165) is 6.26 Å².